The van der Waals surface area contributed by atoms with Crippen molar-refractivity contribution in [3.05, 3.63) is 119 Å². The summed E-state index contributed by atoms with van der Waals surface area (Å²) in [5.41, 5.74) is 4.49. The number of hydrogen-bond donors (Lipinski definition) is 0. The molecule has 6 nitrogen and oxygen atoms in total. The van der Waals surface area contributed by atoms with Gasteiger partial charge in [-0.1, -0.05) is 112 Å². The van der Waals surface area contributed by atoms with Gasteiger partial charge < -0.3 is 20.4 Å². The molecule has 0 amide bonds. The van der Waals surface area contributed by atoms with Crippen molar-refractivity contribution in [2.45, 2.75) is 65.2 Å². The van der Waals surface area contributed by atoms with Crippen LogP contribution in [0.5, 0.6) is 11.5 Å². The minimum absolute atomic E-state index is 0. The summed E-state index contributed by atoms with van der Waals surface area (Å²) in [4.78, 5) is 25.3. The Balaban J connectivity index is 0.00000337. The molecule has 0 bridgehead atoms. The van der Waals surface area contributed by atoms with Gasteiger partial charge in [0, 0.05) is 22.9 Å². The molecule has 0 saturated carbocycles. The van der Waals surface area contributed by atoms with Gasteiger partial charge in [0.2, 0.25) is 0 Å². The van der Waals surface area contributed by atoms with E-state index in [0.717, 1.165) is 24.0 Å². The van der Waals surface area contributed by atoms with Crippen LogP contribution in [0.3, 0.4) is 0 Å². The molecule has 4 aromatic rings. The van der Waals surface area contributed by atoms with Crippen molar-refractivity contribution in [2.75, 3.05) is 0 Å². The van der Waals surface area contributed by atoms with Gasteiger partial charge in [-0.15, -0.1) is 0 Å². The number of fused-ring (bicyclic) bond motifs is 1. The molecule has 0 aliphatic rings. The van der Waals surface area contributed by atoms with Crippen molar-refractivity contribution in [2.24, 2.45) is 0 Å². The SMILES string of the molecule is CCCCCc1ccc(/C=C/C(=O)Oc2ccc(OC(=O)/C=C/c3ccc(CCCCC)cc3)c3ccccc23)cc1.O.O. The average molecular weight is 597 g/mol. The summed E-state index contributed by atoms with van der Waals surface area (Å²) in [6.45, 7) is 4.40. The fourth-order valence-corrected chi connectivity index (χ4v) is 4.78. The van der Waals surface area contributed by atoms with Gasteiger partial charge >= 0.3 is 11.9 Å². The minimum Gasteiger partial charge on any atom is -0.423 e. The molecule has 0 aliphatic carbocycles. The topological polar surface area (TPSA) is 116 Å². The number of esters is 2. The Labute approximate surface area is 260 Å². The number of rotatable bonds is 14. The van der Waals surface area contributed by atoms with Gasteiger partial charge in [-0.2, -0.15) is 0 Å². The fourth-order valence-electron chi connectivity index (χ4n) is 4.78. The van der Waals surface area contributed by atoms with Crippen molar-refractivity contribution >= 4 is 34.9 Å². The standard InChI is InChI=1S/C38H40O4.2H2O/c1-3-5-7-11-29-15-19-31(20-16-29)23-27-37(39)41-35-25-26-36(34-14-10-9-13-33(34)35)42-38(40)28-24-32-21-17-30(18-22-32)12-8-6-4-2;;/h9-10,13-28H,3-8,11-12H2,1-2H3;2*1H2/b27-23+,28-24+;;. The van der Waals surface area contributed by atoms with Crippen LogP contribution in [0.1, 0.15) is 74.6 Å². The molecular formula is C38H44O6. The molecule has 0 unspecified atom stereocenters. The zero-order valence-electron chi connectivity index (χ0n) is 25.7. The van der Waals surface area contributed by atoms with Gasteiger partial charge in [0.25, 0.3) is 0 Å². The molecule has 0 atom stereocenters. The van der Waals surface area contributed by atoms with E-state index in [1.54, 1.807) is 24.3 Å². The molecule has 44 heavy (non-hydrogen) atoms. The van der Waals surface area contributed by atoms with Crippen LogP contribution in [0.15, 0.2) is 97.1 Å². The second-order valence-electron chi connectivity index (χ2n) is 10.5. The van der Waals surface area contributed by atoms with Crippen LogP contribution in [0.4, 0.5) is 0 Å². The van der Waals surface area contributed by atoms with Gasteiger partial charge in [0.05, 0.1) is 0 Å². The first-order chi connectivity index (χ1) is 20.6. The van der Waals surface area contributed by atoms with Crippen molar-refractivity contribution in [1.82, 2.24) is 0 Å². The largest absolute Gasteiger partial charge is 0.423 e. The Bertz CT molecular complexity index is 1400. The van der Waals surface area contributed by atoms with Gasteiger partial charge in [0.15, 0.2) is 0 Å². The number of carbonyl (C=O) groups excluding carboxylic acids is 2. The van der Waals surface area contributed by atoms with E-state index in [2.05, 4.69) is 38.1 Å². The maximum Gasteiger partial charge on any atom is 0.336 e. The Morgan fingerprint density at radius 3 is 1.30 bits per heavy atom. The lowest BCUT2D eigenvalue weighted by Gasteiger charge is -2.10. The number of hydrogen-bond acceptors (Lipinski definition) is 4. The molecule has 4 rings (SSSR count). The van der Waals surface area contributed by atoms with Gasteiger partial charge in [0.1, 0.15) is 11.5 Å². The van der Waals surface area contributed by atoms with Crippen molar-refractivity contribution in [3.8, 4) is 11.5 Å². The minimum atomic E-state index is -0.476. The van der Waals surface area contributed by atoms with E-state index in [9.17, 15) is 9.59 Å². The summed E-state index contributed by atoms with van der Waals surface area (Å²) in [5.74, 6) is -0.144. The summed E-state index contributed by atoms with van der Waals surface area (Å²) >= 11 is 0. The first kappa shape index (κ1) is 35.7. The quantitative estimate of drug-likeness (QED) is 0.0637. The van der Waals surface area contributed by atoms with E-state index in [1.165, 1.54) is 61.8 Å². The van der Waals surface area contributed by atoms with Crippen LogP contribution in [-0.2, 0) is 22.4 Å². The number of aryl methyl sites for hydroxylation is 2. The maximum atomic E-state index is 12.6. The highest BCUT2D eigenvalue weighted by molar-refractivity contribution is 5.99. The highest BCUT2D eigenvalue weighted by Gasteiger charge is 2.12. The Hall–Kier alpha value is -4.52. The van der Waals surface area contributed by atoms with Crippen LogP contribution in [0.2, 0.25) is 0 Å². The van der Waals surface area contributed by atoms with Crippen LogP contribution in [-0.4, -0.2) is 22.9 Å². The van der Waals surface area contributed by atoms with Gasteiger partial charge in [-0.05, 0) is 72.2 Å². The van der Waals surface area contributed by atoms with E-state index in [0.29, 0.717) is 22.3 Å². The molecule has 0 radical (unpaired) electrons. The van der Waals surface area contributed by atoms with E-state index < -0.39 is 11.9 Å². The number of benzene rings is 4. The second kappa shape index (κ2) is 18.9. The number of unbranched alkanes of at least 4 members (excludes halogenated alkanes) is 4. The molecule has 4 aromatic carbocycles. The van der Waals surface area contributed by atoms with Crippen LogP contribution >= 0.6 is 0 Å². The van der Waals surface area contributed by atoms with Crippen molar-refractivity contribution in [3.63, 3.8) is 0 Å². The van der Waals surface area contributed by atoms with Crippen molar-refractivity contribution in [1.29, 1.82) is 0 Å². The molecule has 0 aliphatic heterocycles. The first-order valence-corrected chi connectivity index (χ1v) is 15.0. The maximum absolute atomic E-state index is 12.6. The lowest BCUT2D eigenvalue weighted by Crippen LogP contribution is -2.06. The number of ether oxygens (including phenoxy) is 2. The normalized spacial score (nSPS) is 10.9. The van der Waals surface area contributed by atoms with Gasteiger partial charge in [-0.25, -0.2) is 9.59 Å². The lowest BCUT2D eigenvalue weighted by molar-refractivity contribution is -0.129. The van der Waals surface area contributed by atoms with Crippen molar-refractivity contribution < 1.29 is 30.0 Å². The molecule has 0 aromatic heterocycles. The Morgan fingerprint density at radius 1 is 0.545 bits per heavy atom. The summed E-state index contributed by atoms with van der Waals surface area (Å²) in [5, 5.41) is 1.37. The van der Waals surface area contributed by atoms with E-state index in [4.69, 9.17) is 9.47 Å². The molecule has 0 spiro atoms. The monoisotopic (exact) mass is 596 g/mol. The third kappa shape index (κ3) is 11.0. The molecule has 0 fully saturated rings. The predicted octanol–water partition coefficient (Wildman–Crippen LogP) is 7.89. The highest BCUT2D eigenvalue weighted by Crippen LogP contribution is 2.33. The predicted molar refractivity (Wildman–Crippen MR) is 180 cm³/mol. The van der Waals surface area contributed by atoms with Crippen LogP contribution in [0, 0.1) is 0 Å². The second-order valence-corrected chi connectivity index (χ2v) is 10.5. The smallest absolute Gasteiger partial charge is 0.336 e. The third-order valence-electron chi connectivity index (χ3n) is 7.19. The summed E-state index contributed by atoms with van der Waals surface area (Å²) in [6, 6.07) is 27.2. The molecule has 6 heteroatoms. The average Bonchev–Trinajstić information content (AvgIpc) is 3.02. The molecular weight excluding hydrogens is 552 g/mol. The van der Waals surface area contributed by atoms with Crippen LogP contribution < -0.4 is 9.47 Å². The Morgan fingerprint density at radius 2 is 0.932 bits per heavy atom. The highest BCUT2D eigenvalue weighted by atomic mass is 16.5. The molecule has 0 heterocycles. The zero-order valence-corrected chi connectivity index (χ0v) is 25.7. The van der Waals surface area contributed by atoms with Gasteiger partial charge in [-0.3, -0.25) is 0 Å². The molecule has 0 saturated heterocycles. The Kier molecular flexibility index (Phi) is 15.3. The lowest BCUT2D eigenvalue weighted by atomic mass is 10.1. The zero-order chi connectivity index (χ0) is 29.6. The number of carbonyl (C=O) groups is 2. The molecule has 232 valence electrons. The fraction of sp³-hybridized carbons (Fsp3) is 0.263. The summed E-state index contributed by atoms with van der Waals surface area (Å²) < 4.78 is 11.3. The first-order valence-electron chi connectivity index (χ1n) is 15.0. The van der Waals surface area contributed by atoms with E-state index in [1.807, 2.05) is 48.5 Å². The summed E-state index contributed by atoms with van der Waals surface area (Å²) in [7, 11) is 0. The third-order valence-corrected chi connectivity index (χ3v) is 7.19. The van der Waals surface area contributed by atoms with E-state index in [-0.39, 0.29) is 11.0 Å². The summed E-state index contributed by atoms with van der Waals surface area (Å²) in [6.07, 6.45) is 15.8. The van der Waals surface area contributed by atoms with E-state index >= 15 is 0 Å². The van der Waals surface area contributed by atoms with Crippen LogP contribution in [0.25, 0.3) is 22.9 Å². The molecule has 4 N–H and O–H groups in total.